The summed E-state index contributed by atoms with van der Waals surface area (Å²) < 4.78 is 25.4. The van der Waals surface area contributed by atoms with E-state index in [9.17, 15) is 13.6 Å². The monoisotopic (exact) mass is 197 g/mol. The van der Waals surface area contributed by atoms with Crippen molar-refractivity contribution in [2.75, 3.05) is 6.54 Å². The van der Waals surface area contributed by atoms with Crippen LogP contribution < -0.4 is 0 Å². The molecule has 1 unspecified atom stereocenters. The fourth-order valence-electron chi connectivity index (χ4n) is 1.41. The number of piperidine rings is 1. The third-order valence-corrected chi connectivity index (χ3v) is 2.29. The molecule has 0 aromatic rings. The highest BCUT2D eigenvalue weighted by Gasteiger charge is 2.39. The molecule has 1 heterocycles. The molecule has 12 heavy (non-hydrogen) atoms. The highest BCUT2D eigenvalue weighted by molar-refractivity contribution is 6.62. The van der Waals surface area contributed by atoms with Gasteiger partial charge in [0.15, 0.2) is 0 Å². The first-order valence-corrected chi connectivity index (χ1v) is 4.14. The molecule has 0 radical (unpaired) electrons. The van der Waals surface area contributed by atoms with Crippen LogP contribution in [0.15, 0.2) is 0 Å². The molecule has 0 aromatic heterocycles. The van der Waals surface area contributed by atoms with E-state index in [2.05, 4.69) is 0 Å². The van der Waals surface area contributed by atoms with Crippen LogP contribution in [-0.2, 0) is 0 Å². The summed E-state index contributed by atoms with van der Waals surface area (Å²) in [5, 5.41) is -0.641. The number of hydrogen-bond donors (Lipinski definition) is 0. The van der Waals surface area contributed by atoms with Gasteiger partial charge in [0.05, 0.1) is 0 Å². The Balaban J connectivity index is 2.60. The van der Waals surface area contributed by atoms with Crippen LogP contribution in [0.2, 0.25) is 0 Å². The van der Waals surface area contributed by atoms with Gasteiger partial charge in [-0.2, -0.15) is 0 Å². The Bertz CT molecular complexity index is 198. The summed E-state index contributed by atoms with van der Waals surface area (Å²) in [6, 6.07) is -0.459. The number of rotatable bonds is 0. The van der Waals surface area contributed by atoms with Crippen molar-refractivity contribution in [3.05, 3.63) is 0 Å². The highest BCUT2D eigenvalue weighted by Crippen LogP contribution is 2.31. The zero-order chi connectivity index (χ0) is 9.35. The van der Waals surface area contributed by atoms with Gasteiger partial charge in [-0.1, -0.05) is 0 Å². The second-order valence-corrected chi connectivity index (χ2v) is 3.43. The number of hydrogen-bond acceptors (Lipinski definition) is 1. The van der Waals surface area contributed by atoms with E-state index in [1.165, 1.54) is 4.90 Å². The smallest absolute Gasteiger partial charge is 0.316 e. The molecule has 0 N–H and O–H groups in total. The first-order valence-electron chi connectivity index (χ1n) is 3.76. The molecule has 0 bridgehead atoms. The van der Waals surface area contributed by atoms with E-state index >= 15 is 0 Å². The average Bonchev–Trinajstić information content (AvgIpc) is 1.83. The lowest BCUT2D eigenvalue weighted by molar-refractivity contribution is -0.0620. The fraction of sp³-hybridized carbons (Fsp3) is 0.857. The Morgan fingerprint density at radius 2 is 2.25 bits per heavy atom. The average molecular weight is 198 g/mol. The fourth-order valence-corrected chi connectivity index (χ4v) is 1.66. The first kappa shape index (κ1) is 9.71. The molecule has 0 aliphatic carbocycles. The van der Waals surface area contributed by atoms with Crippen LogP contribution in [0.1, 0.15) is 19.8 Å². The maximum atomic E-state index is 12.7. The van der Waals surface area contributed by atoms with Gasteiger partial charge in [0, 0.05) is 25.4 Å². The van der Waals surface area contributed by atoms with E-state index in [0.717, 1.165) is 0 Å². The third kappa shape index (κ3) is 2.06. The first-order chi connectivity index (χ1) is 5.42. The molecule has 1 saturated heterocycles. The van der Waals surface area contributed by atoms with Gasteiger partial charge in [0.2, 0.25) is 0 Å². The van der Waals surface area contributed by atoms with Crippen LogP contribution in [0, 0.1) is 0 Å². The zero-order valence-corrected chi connectivity index (χ0v) is 7.44. The minimum atomic E-state index is -2.64. The van der Waals surface area contributed by atoms with Crippen molar-refractivity contribution in [2.24, 2.45) is 0 Å². The van der Waals surface area contributed by atoms with Gasteiger partial charge in [0.1, 0.15) is 0 Å². The predicted molar refractivity (Wildman–Crippen MR) is 41.6 cm³/mol. The number of alkyl halides is 2. The van der Waals surface area contributed by atoms with Crippen molar-refractivity contribution in [1.29, 1.82) is 0 Å². The van der Waals surface area contributed by atoms with Crippen LogP contribution in [0.4, 0.5) is 13.6 Å². The van der Waals surface area contributed by atoms with Gasteiger partial charge < -0.3 is 4.90 Å². The van der Waals surface area contributed by atoms with E-state index in [-0.39, 0.29) is 19.4 Å². The number of carbonyl (C=O) groups excluding carboxylic acids is 1. The normalized spacial score (nSPS) is 28.7. The maximum Gasteiger partial charge on any atom is 0.316 e. The number of likely N-dealkylation sites (tertiary alicyclic amines) is 1. The van der Waals surface area contributed by atoms with Crippen molar-refractivity contribution in [1.82, 2.24) is 4.90 Å². The molecule has 1 fully saturated rings. The predicted octanol–water partition coefficient (Wildman–Crippen LogP) is 2.46. The van der Waals surface area contributed by atoms with E-state index in [1.807, 2.05) is 0 Å². The summed E-state index contributed by atoms with van der Waals surface area (Å²) in [6.45, 7) is 1.63. The quantitative estimate of drug-likeness (QED) is 0.432. The van der Waals surface area contributed by atoms with Crippen molar-refractivity contribution >= 4 is 17.0 Å². The molecule has 2 nitrogen and oxygen atoms in total. The molecule has 1 amide bonds. The highest BCUT2D eigenvalue weighted by atomic mass is 35.5. The second-order valence-electron chi connectivity index (χ2n) is 3.11. The second kappa shape index (κ2) is 3.17. The number of halogens is 3. The van der Waals surface area contributed by atoms with Crippen molar-refractivity contribution in [2.45, 2.75) is 31.7 Å². The van der Waals surface area contributed by atoms with Gasteiger partial charge in [-0.05, 0) is 18.5 Å². The van der Waals surface area contributed by atoms with Crippen LogP contribution >= 0.6 is 11.6 Å². The lowest BCUT2D eigenvalue weighted by atomic mass is 10.0. The summed E-state index contributed by atoms with van der Waals surface area (Å²) >= 11 is 5.19. The van der Waals surface area contributed by atoms with Crippen molar-refractivity contribution < 1.29 is 13.6 Å². The molecular formula is C7H10ClF2NO. The van der Waals surface area contributed by atoms with Crippen LogP contribution in [-0.4, -0.2) is 28.8 Å². The van der Waals surface area contributed by atoms with E-state index < -0.39 is 17.3 Å². The van der Waals surface area contributed by atoms with E-state index in [1.54, 1.807) is 6.92 Å². The Kier molecular flexibility index (Phi) is 2.56. The SMILES string of the molecule is CC1CC(F)(F)CCN1C(=O)Cl. The van der Waals surface area contributed by atoms with Gasteiger partial charge in [-0.25, -0.2) is 8.78 Å². The summed E-state index contributed by atoms with van der Waals surface area (Å²) in [4.78, 5) is 11.9. The Morgan fingerprint density at radius 1 is 1.67 bits per heavy atom. The third-order valence-electron chi connectivity index (χ3n) is 2.07. The molecule has 0 spiro atoms. The van der Waals surface area contributed by atoms with Crippen molar-refractivity contribution in [3.8, 4) is 0 Å². The Morgan fingerprint density at radius 3 is 2.67 bits per heavy atom. The standard InChI is InChI=1S/C7H10ClF2NO/c1-5-4-7(9,10)2-3-11(5)6(8)12/h5H,2-4H2,1H3. The van der Waals surface area contributed by atoms with Gasteiger partial charge in [-0.15, -0.1) is 0 Å². The minimum Gasteiger partial charge on any atom is -0.326 e. The Hall–Kier alpha value is -0.380. The molecule has 0 saturated carbocycles. The molecule has 1 aliphatic rings. The van der Waals surface area contributed by atoms with Crippen LogP contribution in [0.3, 0.4) is 0 Å². The molecule has 70 valence electrons. The molecule has 1 aliphatic heterocycles. The summed E-state index contributed by atoms with van der Waals surface area (Å²) in [6.07, 6.45) is -0.568. The topological polar surface area (TPSA) is 20.3 Å². The largest absolute Gasteiger partial charge is 0.326 e. The van der Waals surface area contributed by atoms with Gasteiger partial charge >= 0.3 is 5.37 Å². The van der Waals surface area contributed by atoms with Gasteiger partial charge in [0.25, 0.3) is 5.92 Å². The molecule has 0 aromatic carbocycles. The molecule has 1 rings (SSSR count). The number of amides is 1. The van der Waals surface area contributed by atoms with E-state index in [4.69, 9.17) is 11.6 Å². The van der Waals surface area contributed by atoms with Crippen LogP contribution in [0.25, 0.3) is 0 Å². The molecule has 1 atom stereocenters. The Labute approximate surface area is 74.5 Å². The lowest BCUT2D eigenvalue weighted by Gasteiger charge is -2.35. The van der Waals surface area contributed by atoms with Crippen molar-refractivity contribution in [3.63, 3.8) is 0 Å². The zero-order valence-electron chi connectivity index (χ0n) is 6.69. The minimum absolute atomic E-state index is 0.0521. The number of carbonyl (C=O) groups is 1. The van der Waals surface area contributed by atoms with Gasteiger partial charge in [-0.3, -0.25) is 4.79 Å². The summed E-state index contributed by atoms with van der Waals surface area (Å²) in [7, 11) is 0. The molecule has 5 heteroatoms. The van der Waals surface area contributed by atoms with Crippen LogP contribution in [0.5, 0.6) is 0 Å². The summed E-state index contributed by atoms with van der Waals surface area (Å²) in [5.41, 5.74) is 0. The maximum absolute atomic E-state index is 12.7. The lowest BCUT2D eigenvalue weighted by Crippen LogP contribution is -2.46. The van der Waals surface area contributed by atoms with E-state index in [0.29, 0.717) is 0 Å². The number of nitrogens with zero attached hydrogens (tertiary/aromatic N) is 1. The summed E-state index contributed by atoms with van der Waals surface area (Å²) in [5.74, 6) is -2.64. The molecular weight excluding hydrogens is 188 g/mol.